The van der Waals surface area contributed by atoms with E-state index in [9.17, 15) is 0 Å². The number of imidazole rings is 1. The van der Waals surface area contributed by atoms with Crippen molar-refractivity contribution in [3.8, 4) is 0 Å². The van der Waals surface area contributed by atoms with Crippen molar-refractivity contribution in [3.63, 3.8) is 0 Å². The van der Waals surface area contributed by atoms with Crippen molar-refractivity contribution >= 4 is 5.84 Å². The van der Waals surface area contributed by atoms with Crippen LogP contribution in [0.2, 0.25) is 0 Å². The summed E-state index contributed by atoms with van der Waals surface area (Å²) in [7, 11) is 0. The van der Waals surface area contributed by atoms with Crippen molar-refractivity contribution in [2.45, 2.75) is 41.0 Å². The highest BCUT2D eigenvalue weighted by Crippen LogP contribution is 1.98. The monoisotopic (exact) mass is 224 g/mol. The molecule has 1 aromatic rings. The van der Waals surface area contributed by atoms with E-state index in [1.807, 2.05) is 20.8 Å². The van der Waals surface area contributed by atoms with Gasteiger partial charge in [-0.1, -0.05) is 40.7 Å². The zero-order valence-corrected chi connectivity index (χ0v) is 11.0. The molecule has 92 valence electrons. The molecule has 0 aliphatic carbocycles. The summed E-state index contributed by atoms with van der Waals surface area (Å²) < 4.78 is 0. The minimum Gasteiger partial charge on any atom is -0.382 e. The third-order valence-electron chi connectivity index (χ3n) is 1.30. The largest absolute Gasteiger partial charge is 0.382 e. The van der Waals surface area contributed by atoms with E-state index in [-0.39, 0.29) is 0 Å². The first-order valence-electron chi connectivity index (χ1n) is 5.61. The summed E-state index contributed by atoms with van der Waals surface area (Å²) in [5, 5.41) is 0. The summed E-state index contributed by atoms with van der Waals surface area (Å²) in [5.41, 5.74) is 7.14. The topological polar surface area (TPSA) is 67.1 Å². The molecule has 0 unspecified atom stereocenters. The van der Waals surface area contributed by atoms with E-state index in [0.29, 0.717) is 11.5 Å². The lowest BCUT2D eigenvalue weighted by Gasteiger charge is -1.93. The predicted octanol–water partition coefficient (Wildman–Crippen LogP) is 3.01. The number of nitrogens with zero attached hydrogens (tertiary/aromatic N) is 2. The SMILES string of the molecule is C=CN=C(N)c1nc[nH]c1C.CC.CCC. The Labute approximate surface area is 98.7 Å². The Hall–Kier alpha value is -1.58. The van der Waals surface area contributed by atoms with Gasteiger partial charge in [-0.15, -0.1) is 0 Å². The number of amidine groups is 1. The van der Waals surface area contributed by atoms with E-state index < -0.39 is 0 Å². The molecule has 16 heavy (non-hydrogen) atoms. The molecule has 0 aromatic carbocycles. The van der Waals surface area contributed by atoms with Gasteiger partial charge in [-0.3, -0.25) is 0 Å². The van der Waals surface area contributed by atoms with Crippen LogP contribution in [0.25, 0.3) is 0 Å². The molecule has 0 saturated carbocycles. The van der Waals surface area contributed by atoms with Crippen LogP contribution in [0.4, 0.5) is 0 Å². The minimum absolute atomic E-state index is 0.388. The summed E-state index contributed by atoms with van der Waals surface area (Å²) in [6.45, 7) is 13.6. The first-order valence-corrected chi connectivity index (χ1v) is 5.61. The lowest BCUT2D eigenvalue weighted by Crippen LogP contribution is -2.14. The molecule has 3 N–H and O–H groups in total. The smallest absolute Gasteiger partial charge is 0.151 e. The van der Waals surface area contributed by atoms with Gasteiger partial charge >= 0.3 is 0 Å². The molecule has 0 amide bonds. The maximum atomic E-state index is 5.55. The van der Waals surface area contributed by atoms with Gasteiger partial charge in [0.05, 0.1) is 6.33 Å². The molecule has 0 fully saturated rings. The summed E-state index contributed by atoms with van der Waals surface area (Å²) in [5.74, 6) is 0.388. The Morgan fingerprint density at radius 3 is 2.38 bits per heavy atom. The van der Waals surface area contributed by atoms with Gasteiger partial charge in [0.2, 0.25) is 0 Å². The van der Waals surface area contributed by atoms with Crippen molar-refractivity contribution in [1.82, 2.24) is 9.97 Å². The fourth-order valence-electron chi connectivity index (χ4n) is 0.777. The molecule has 0 bridgehead atoms. The van der Waals surface area contributed by atoms with Crippen LogP contribution in [0.1, 0.15) is 45.5 Å². The van der Waals surface area contributed by atoms with Crippen LogP contribution in [0, 0.1) is 6.92 Å². The number of aromatic nitrogens is 2. The summed E-state index contributed by atoms with van der Waals surface area (Å²) in [6.07, 6.45) is 4.22. The summed E-state index contributed by atoms with van der Waals surface area (Å²) in [6, 6.07) is 0. The highest BCUT2D eigenvalue weighted by molar-refractivity contribution is 5.96. The van der Waals surface area contributed by atoms with E-state index >= 15 is 0 Å². The Kier molecular flexibility index (Phi) is 12.1. The van der Waals surface area contributed by atoms with Crippen LogP contribution in [-0.2, 0) is 0 Å². The predicted molar refractivity (Wildman–Crippen MR) is 71.6 cm³/mol. The molecule has 1 aromatic heterocycles. The maximum Gasteiger partial charge on any atom is 0.151 e. The lowest BCUT2D eigenvalue weighted by atomic mass is 10.3. The second-order valence-electron chi connectivity index (χ2n) is 2.78. The second kappa shape index (κ2) is 11.5. The number of aryl methyl sites for hydroxylation is 1. The zero-order chi connectivity index (χ0) is 13.0. The number of aromatic amines is 1. The van der Waals surface area contributed by atoms with Crippen molar-refractivity contribution < 1.29 is 0 Å². The Morgan fingerprint density at radius 2 is 2.06 bits per heavy atom. The van der Waals surface area contributed by atoms with Gasteiger partial charge in [0.25, 0.3) is 0 Å². The average Bonchev–Trinajstić information content (AvgIpc) is 2.69. The Balaban J connectivity index is 0. The Bertz CT molecular complexity index is 300. The summed E-state index contributed by atoms with van der Waals surface area (Å²) in [4.78, 5) is 10.7. The number of rotatable bonds is 2. The van der Waals surface area contributed by atoms with Gasteiger partial charge < -0.3 is 10.7 Å². The van der Waals surface area contributed by atoms with Crippen LogP contribution in [0.15, 0.2) is 24.1 Å². The number of aliphatic imine (C=N–C) groups is 1. The third kappa shape index (κ3) is 6.81. The van der Waals surface area contributed by atoms with Crippen molar-refractivity contribution in [1.29, 1.82) is 0 Å². The number of hydrogen-bond acceptors (Lipinski definition) is 2. The first-order chi connectivity index (χ1) is 7.67. The van der Waals surface area contributed by atoms with Crippen LogP contribution in [0.5, 0.6) is 0 Å². The standard InChI is InChI=1S/C7H10N4.C3H8.C2H6/c1-3-9-7(8)6-5(2)10-4-11-6;1-3-2;1-2/h3-4H,1H2,2H3,(H2,8,9)(H,10,11);3H2,1-2H3;1-2H3. The molecule has 0 radical (unpaired) electrons. The van der Waals surface area contributed by atoms with Gasteiger partial charge in [-0.25, -0.2) is 9.98 Å². The van der Waals surface area contributed by atoms with Crippen LogP contribution in [0.3, 0.4) is 0 Å². The van der Waals surface area contributed by atoms with Gasteiger partial charge in [0.1, 0.15) is 5.69 Å². The zero-order valence-electron chi connectivity index (χ0n) is 11.0. The number of hydrogen-bond donors (Lipinski definition) is 2. The molecular weight excluding hydrogens is 200 g/mol. The number of nitrogens with one attached hydrogen (secondary N) is 1. The quantitative estimate of drug-likeness (QED) is 0.599. The van der Waals surface area contributed by atoms with Crippen LogP contribution >= 0.6 is 0 Å². The van der Waals surface area contributed by atoms with Crippen molar-refractivity contribution in [2.24, 2.45) is 10.7 Å². The van der Waals surface area contributed by atoms with E-state index in [0.717, 1.165) is 5.69 Å². The van der Waals surface area contributed by atoms with E-state index in [1.54, 1.807) is 6.33 Å². The van der Waals surface area contributed by atoms with Crippen LogP contribution < -0.4 is 5.73 Å². The molecule has 1 rings (SSSR count). The van der Waals surface area contributed by atoms with Crippen molar-refractivity contribution in [2.75, 3.05) is 0 Å². The molecule has 0 aliphatic rings. The highest BCUT2D eigenvalue weighted by Gasteiger charge is 2.03. The molecule has 1 heterocycles. The van der Waals surface area contributed by atoms with E-state index in [4.69, 9.17) is 5.73 Å². The number of H-pyrrole nitrogens is 1. The van der Waals surface area contributed by atoms with Gasteiger partial charge in [-0.05, 0) is 6.92 Å². The fourth-order valence-corrected chi connectivity index (χ4v) is 0.777. The van der Waals surface area contributed by atoms with Crippen LogP contribution in [-0.4, -0.2) is 15.8 Å². The normalized spacial score (nSPS) is 9.44. The third-order valence-corrected chi connectivity index (χ3v) is 1.30. The van der Waals surface area contributed by atoms with Crippen molar-refractivity contribution in [3.05, 3.63) is 30.5 Å². The van der Waals surface area contributed by atoms with Gasteiger partial charge in [-0.2, -0.15) is 0 Å². The Morgan fingerprint density at radius 1 is 1.56 bits per heavy atom. The molecule has 0 aliphatic heterocycles. The summed E-state index contributed by atoms with van der Waals surface area (Å²) >= 11 is 0. The van der Waals surface area contributed by atoms with Gasteiger partial charge in [0.15, 0.2) is 5.84 Å². The van der Waals surface area contributed by atoms with E-state index in [1.165, 1.54) is 12.6 Å². The average molecular weight is 224 g/mol. The molecule has 0 spiro atoms. The minimum atomic E-state index is 0.388. The van der Waals surface area contributed by atoms with E-state index in [2.05, 4.69) is 35.4 Å². The first kappa shape index (κ1) is 16.8. The lowest BCUT2D eigenvalue weighted by molar-refractivity contribution is 1.09. The number of nitrogens with two attached hydrogens (primary N) is 1. The second-order valence-corrected chi connectivity index (χ2v) is 2.78. The highest BCUT2D eigenvalue weighted by atomic mass is 14.9. The molecule has 4 nitrogen and oxygen atoms in total. The maximum absolute atomic E-state index is 5.55. The van der Waals surface area contributed by atoms with Gasteiger partial charge in [0, 0.05) is 11.9 Å². The molecule has 0 saturated heterocycles. The molecular formula is C12H24N4. The molecule has 4 heteroatoms. The fraction of sp³-hybridized carbons (Fsp3) is 0.500. The molecule has 0 atom stereocenters.